The average molecular weight is 474 g/mol. The quantitative estimate of drug-likeness (QED) is 0.481. The van der Waals surface area contributed by atoms with E-state index in [1.807, 2.05) is 0 Å². The van der Waals surface area contributed by atoms with Crippen molar-refractivity contribution in [3.63, 3.8) is 0 Å². The first-order valence-corrected chi connectivity index (χ1v) is 11.4. The van der Waals surface area contributed by atoms with Gasteiger partial charge in [0.05, 0.1) is 30.5 Å². The Balaban J connectivity index is 1.25. The van der Waals surface area contributed by atoms with E-state index in [0.717, 1.165) is 55.9 Å². The van der Waals surface area contributed by atoms with Gasteiger partial charge in [-0.05, 0) is 30.3 Å². The SMILES string of the molecule is Fc1ccc(Cl)c(CN2CC3Nc4c2cc(Nc2cccc(N5CCOCC5)c2)n43)c1Cl. The molecular weight excluding hydrogens is 452 g/mol. The van der Waals surface area contributed by atoms with Crippen LogP contribution in [0.5, 0.6) is 0 Å². The molecule has 1 unspecified atom stereocenters. The normalized spacial score (nSPS) is 18.9. The average Bonchev–Trinajstić information content (AvgIpc) is 3.02. The number of nitrogens with zero attached hydrogens (tertiary/aromatic N) is 3. The first kappa shape index (κ1) is 20.0. The summed E-state index contributed by atoms with van der Waals surface area (Å²) in [4.78, 5) is 4.53. The fraction of sp³-hybridized carbons (Fsp3) is 0.304. The van der Waals surface area contributed by atoms with Crippen molar-refractivity contribution in [2.75, 3.05) is 53.3 Å². The van der Waals surface area contributed by atoms with E-state index in [4.69, 9.17) is 27.9 Å². The summed E-state index contributed by atoms with van der Waals surface area (Å²) in [5.74, 6) is 1.63. The van der Waals surface area contributed by atoms with E-state index in [0.29, 0.717) is 17.1 Å². The Hall–Kier alpha value is -2.61. The largest absolute Gasteiger partial charge is 0.378 e. The van der Waals surface area contributed by atoms with Gasteiger partial charge in [0.1, 0.15) is 23.6 Å². The number of morpholine rings is 1. The highest BCUT2D eigenvalue weighted by atomic mass is 35.5. The van der Waals surface area contributed by atoms with E-state index in [1.54, 1.807) is 6.07 Å². The molecule has 1 saturated heterocycles. The summed E-state index contributed by atoms with van der Waals surface area (Å²) in [5.41, 5.74) is 3.89. The minimum Gasteiger partial charge on any atom is -0.378 e. The molecule has 0 radical (unpaired) electrons. The minimum absolute atomic E-state index is 0.0902. The molecule has 0 amide bonds. The molecular formula is C23H22Cl2FN5O. The molecule has 32 heavy (non-hydrogen) atoms. The molecule has 1 aromatic heterocycles. The number of hydrogen-bond donors (Lipinski definition) is 2. The molecule has 4 aliphatic rings. The van der Waals surface area contributed by atoms with Gasteiger partial charge in [-0.1, -0.05) is 29.3 Å². The molecule has 6 nitrogen and oxygen atoms in total. The van der Waals surface area contributed by atoms with Crippen LogP contribution < -0.4 is 20.4 Å². The number of nitrogens with one attached hydrogen (secondary N) is 2. The zero-order valence-corrected chi connectivity index (χ0v) is 18.8. The molecule has 0 aliphatic carbocycles. The minimum atomic E-state index is -0.449. The molecule has 5 heterocycles. The van der Waals surface area contributed by atoms with Crippen molar-refractivity contribution in [2.45, 2.75) is 12.7 Å². The van der Waals surface area contributed by atoms with Crippen molar-refractivity contribution in [2.24, 2.45) is 0 Å². The van der Waals surface area contributed by atoms with Crippen LogP contribution in [-0.2, 0) is 11.3 Å². The summed E-state index contributed by atoms with van der Waals surface area (Å²) in [6.45, 7) is 4.53. The lowest BCUT2D eigenvalue weighted by Gasteiger charge is -2.44. The monoisotopic (exact) mass is 473 g/mol. The Kier molecular flexibility index (Phi) is 4.86. The second-order valence-electron chi connectivity index (χ2n) is 8.27. The van der Waals surface area contributed by atoms with Gasteiger partial charge in [-0.3, -0.25) is 4.57 Å². The van der Waals surface area contributed by atoms with Gasteiger partial charge < -0.3 is 25.2 Å². The smallest absolute Gasteiger partial charge is 0.142 e. The number of aromatic nitrogens is 1. The van der Waals surface area contributed by atoms with E-state index < -0.39 is 5.82 Å². The van der Waals surface area contributed by atoms with Gasteiger partial charge in [-0.2, -0.15) is 0 Å². The third-order valence-electron chi connectivity index (χ3n) is 6.35. The zero-order valence-electron chi connectivity index (χ0n) is 17.2. The number of fused-ring (bicyclic) bond motifs is 1. The molecule has 0 saturated carbocycles. The predicted molar refractivity (Wildman–Crippen MR) is 127 cm³/mol. The lowest BCUT2D eigenvalue weighted by atomic mass is 10.1. The molecule has 9 heteroatoms. The third-order valence-corrected chi connectivity index (χ3v) is 7.11. The summed E-state index contributed by atoms with van der Waals surface area (Å²) < 4.78 is 21.7. The van der Waals surface area contributed by atoms with Gasteiger partial charge in [-0.25, -0.2) is 4.39 Å². The molecule has 4 aliphatic heterocycles. The van der Waals surface area contributed by atoms with Crippen LogP contribution in [0.3, 0.4) is 0 Å². The maximum atomic E-state index is 14.0. The molecule has 2 aromatic carbocycles. The van der Waals surface area contributed by atoms with E-state index in [2.05, 4.69) is 55.3 Å². The highest BCUT2D eigenvalue weighted by Crippen LogP contribution is 2.50. The van der Waals surface area contributed by atoms with Crippen LogP contribution in [0.2, 0.25) is 10.0 Å². The molecule has 0 spiro atoms. The van der Waals surface area contributed by atoms with Crippen LogP contribution in [0.25, 0.3) is 0 Å². The van der Waals surface area contributed by atoms with Crippen LogP contribution in [-0.4, -0.2) is 37.4 Å². The van der Waals surface area contributed by atoms with Gasteiger partial charge in [0.2, 0.25) is 0 Å². The van der Waals surface area contributed by atoms with Crippen LogP contribution in [0.15, 0.2) is 42.5 Å². The van der Waals surface area contributed by atoms with Gasteiger partial charge in [0, 0.05) is 47.7 Å². The second-order valence-corrected chi connectivity index (χ2v) is 9.06. The number of rotatable bonds is 5. The van der Waals surface area contributed by atoms with Crippen LogP contribution in [0, 0.1) is 5.82 Å². The Morgan fingerprint density at radius 1 is 1.12 bits per heavy atom. The van der Waals surface area contributed by atoms with Gasteiger partial charge >= 0.3 is 0 Å². The standard InChI is InChI=1S/C23H22Cl2FN5O/c24-17-4-5-18(26)22(25)16(17)12-30-13-21-28-23-19(30)11-20(31(21)23)27-14-2-1-3-15(10-14)29-6-8-32-9-7-29/h1-5,10-11,21,27-28H,6-9,12-13H2. The summed E-state index contributed by atoms with van der Waals surface area (Å²) in [6.07, 6.45) is 0.142. The molecule has 4 bridgehead atoms. The Labute approximate surface area is 195 Å². The Bertz CT molecular complexity index is 1190. The Morgan fingerprint density at radius 3 is 2.81 bits per heavy atom. The zero-order chi connectivity index (χ0) is 21.8. The van der Waals surface area contributed by atoms with E-state index in [1.165, 1.54) is 11.8 Å². The fourth-order valence-corrected chi connectivity index (χ4v) is 5.20. The van der Waals surface area contributed by atoms with Gasteiger partial charge in [0.15, 0.2) is 0 Å². The van der Waals surface area contributed by atoms with Crippen LogP contribution in [0.4, 0.5) is 33.1 Å². The molecule has 7 rings (SSSR count). The third kappa shape index (κ3) is 3.27. The van der Waals surface area contributed by atoms with Crippen molar-refractivity contribution >= 4 is 51.9 Å². The summed E-state index contributed by atoms with van der Waals surface area (Å²) >= 11 is 12.5. The van der Waals surface area contributed by atoms with Crippen LogP contribution in [0.1, 0.15) is 11.7 Å². The molecule has 166 valence electrons. The van der Waals surface area contributed by atoms with Gasteiger partial charge in [0.25, 0.3) is 0 Å². The topological polar surface area (TPSA) is 44.7 Å². The van der Waals surface area contributed by atoms with Crippen molar-refractivity contribution < 1.29 is 9.13 Å². The first-order valence-electron chi connectivity index (χ1n) is 10.7. The lowest BCUT2D eigenvalue weighted by molar-refractivity contribution is 0.122. The van der Waals surface area contributed by atoms with Crippen molar-refractivity contribution in [3.05, 3.63) is 63.9 Å². The van der Waals surface area contributed by atoms with Crippen molar-refractivity contribution in [3.8, 4) is 0 Å². The number of ether oxygens (including phenoxy) is 1. The molecule has 1 fully saturated rings. The van der Waals surface area contributed by atoms with Crippen molar-refractivity contribution in [1.82, 2.24) is 4.57 Å². The number of halogens is 3. The maximum Gasteiger partial charge on any atom is 0.142 e. The lowest BCUT2D eigenvalue weighted by Crippen LogP contribution is -2.45. The van der Waals surface area contributed by atoms with Crippen LogP contribution >= 0.6 is 23.2 Å². The van der Waals surface area contributed by atoms with Gasteiger partial charge in [-0.15, -0.1) is 0 Å². The summed E-state index contributed by atoms with van der Waals surface area (Å²) in [6, 6.07) is 13.4. The number of anilines is 5. The fourth-order valence-electron chi connectivity index (χ4n) is 4.71. The summed E-state index contributed by atoms with van der Waals surface area (Å²) in [5, 5.41) is 7.63. The highest BCUT2D eigenvalue weighted by Gasteiger charge is 2.40. The molecule has 2 N–H and O–H groups in total. The van der Waals surface area contributed by atoms with Crippen molar-refractivity contribution in [1.29, 1.82) is 0 Å². The van der Waals surface area contributed by atoms with E-state index in [-0.39, 0.29) is 11.2 Å². The number of hydrogen-bond acceptors (Lipinski definition) is 5. The first-order chi connectivity index (χ1) is 15.6. The Morgan fingerprint density at radius 2 is 1.97 bits per heavy atom. The van der Waals surface area contributed by atoms with E-state index in [9.17, 15) is 4.39 Å². The maximum absolute atomic E-state index is 14.0. The predicted octanol–water partition coefficient (Wildman–Crippen LogP) is 5.46. The molecule has 3 aromatic rings. The van der Waals surface area contributed by atoms with E-state index >= 15 is 0 Å². The molecule has 1 atom stereocenters. The summed E-state index contributed by atoms with van der Waals surface area (Å²) in [7, 11) is 0. The number of benzene rings is 2. The second kappa shape index (κ2) is 7.76. The highest BCUT2D eigenvalue weighted by molar-refractivity contribution is 6.36.